The van der Waals surface area contributed by atoms with Crippen molar-refractivity contribution < 1.29 is 4.74 Å². The minimum atomic E-state index is 0.00884. The summed E-state index contributed by atoms with van der Waals surface area (Å²) in [5.74, 6) is 6.00. The van der Waals surface area contributed by atoms with Gasteiger partial charge in [0.2, 0.25) is 11.9 Å². The Kier molecular flexibility index (Phi) is 5.54. The van der Waals surface area contributed by atoms with Gasteiger partial charge in [-0.2, -0.15) is 15.0 Å². The molecule has 0 aliphatic heterocycles. The van der Waals surface area contributed by atoms with E-state index in [-0.39, 0.29) is 18.0 Å². The summed E-state index contributed by atoms with van der Waals surface area (Å²) >= 11 is 7.44. The molecule has 4 N–H and O–H groups in total. The summed E-state index contributed by atoms with van der Waals surface area (Å²) in [7, 11) is 0. The summed E-state index contributed by atoms with van der Waals surface area (Å²) < 4.78 is 6.15. The van der Waals surface area contributed by atoms with E-state index in [0.29, 0.717) is 12.6 Å². The number of ether oxygens (including phenoxy) is 1. The van der Waals surface area contributed by atoms with Crippen LogP contribution in [0.4, 0.5) is 11.9 Å². The van der Waals surface area contributed by atoms with Gasteiger partial charge in [-0.1, -0.05) is 18.5 Å². The van der Waals surface area contributed by atoms with Gasteiger partial charge in [0.15, 0.2) is 0 Å². The second-order valence-corrected chi connectivity index (χ2v) is 6.01. The topological polar surface area (TPSA) is 98.0 Å². The molecule has 0 aliphatic carbocycles. The van der Waals surface area contributed by atoms with Gasteiger partial charge in [-0.15, -0.1) is 11.3 Å². The van der Waals surface area contributed by atoms with Crippen molar-refractivity contribution in [1.29, 1.82) is 0 Å². The van der Waals surface area contributed by atoms with Gasteiger partial charge in [0.25, 0.3) is 0 Å². The van der Waals surface area contributed by atoms with E-state index < -0.39 is 0 Å². The van der Waals surface area contributed by atoms with Crippen LogP contribution in [0.3, 0.4) is 0 Å². The summed E-state index contributed by atoms with van der Waals surface area (Å²) in [4.78, 5) is 13.5. The monoisotopic (exact) mass is 328 g/mol. The molecule has 2 rings (SSSR count). The number of nitrogens with zero attached hydrogens (tertiary/aromatic N) is 3. The van der Waals surface area contributed by atoms with Gasteiger partial charge in [-0.05, 0) is 25.5 Å². The van der Waals surface area contributed by atoms with E-state index in [9.17, 15) is 0 Å². The van der Waals surface area contributed by atoms with Gasteiger partial charge in [0.1, 0.15) is 0 Å². The Labute approximate surface area is 131 Å². The lowest BCUT2D eigenvalue weighted by Crippen LogP contribution is -2.15. The average molecular weight is 329 g/mol. The molecule has 0 aliphatic rings. The van der Waals surface area contributed by atoms with Crippen LogP contribution in [0.1, 0.15) is 31.2 Å². The van der Waals surface area contributed by atoms with Crippen molar-refractivity contribution in [2.75, 3.05) is 17.3 Å². The van der Waals surface area contributed by atoms with Crippen LogP contribution in [0.25, 0.3) is 0 Å². The molecule has 2 heterocycles. The zero-order valence-electron chi connectivity index (χ0n) is 11.8. The van der Waals surface area contributed by atoms with Crippen LogP contribution in [0.5, 0.6) is 6.01 Å². The Morgan fingerprint density at radius 2 is 2.10 bits per heavy atom. The van der Waals surface area contributed by atoms with Crippen LogP contribution < -0.4 is 21.3 Å². The summed E-state index contributed by atoms with van der Waals surface area (Å²) in [5, 5.41) is 3.18. The number of anilines is 2. The molecule has 0 amide bonds. The normalized spacial score (nSPS) is 12.0. The minimum absolute atomic E-state index is 0.00884. The minimum Gasteiger partial charge on any atom is -0.463 e. The lowest BCUT2D eigenvalue weighted by Gasteiger charge is -2.13. The van der Waals surface area contributed by atoms with Gasteiger partial charge < -0.3 is 10.1 Å². The summed E-state index contributed by atoms with van der Waals surface area (Å²) in [6, 6.07) is 4.06. The van der Waals surface area contributed by atoms with Crippen molar-refractivity contribution >= 4 is 34.8 Å². The molecule has 0 radical (unpaired) electrons. The van der Waals surface area contributed by atoms with Gasteiger partial charge in [-0.25, -0.2) is 5.84 Å². The molecule has 2 aromatic rings. The Morgan fingerprint density at radius 1 is 1.33 bits per heavy atom. The van der Waals surface area contributed by atoms with Gasteiger partial charge in [0, 0.05) is 4.88 Å². The lowest BCUT2D eigenvalue weighted by molar-refractivity contribution is 0.292. The van der Waals surface area contributed by atoms with Crippen molar-refractivity contribution in [1.82, 2.24) is 15.0 Å². The molecule has 1 unspecified atom stereocenters. The van der Waals surface area contributed by atoms with Crippen molar-refractivity contribution in [3.63, 3.8) is 0 Å². The third-order valence-electron chi connectivity index (χ3n) is 2.55. The molecular weight excluding hydrogens is 312 g/mol. The zero-order valence-corrected chi connectivity index (χ0v) is 13.3. The highest BCUT2D eigenvalue weighted by Gasteiger charge is 2.12. The fourth-order valence-electron chi connectivity index (χ4n) is 1.57. The Hall–Kier alpha value is -1.64. The number of hydrazine groups is 1. The van der Waals surface area contributed by atoms with Crippen LogP contribution in [0.2, 0.25) is 4.34 Å². The molecule has 21 heavy (non-hydrogen) atoms. The van der Waals surface area contributed by atoms with Crippen LogP contribution in [0.15, 0.2) is 12.1 Å². The first kappa shape index (κ1) is 15.7. The highest BCUT2D eigenvalue weighted by Crippen LogP contribution is 2.28. The Bertz CT molecular complexity index is 593. The molecule has 0 saturated carbocycles. The molecule has 0 spiro atoms. The average Bonchev–Trinajstić information content (AvgIpc) is 2.91. The van der Waals surface area contributed by atoms with Crippen molar-refractivity contribution in [3.05, 3.63) is 21.3 Å². The van der Waals surface area contributed by atoms with Crippen molar-refractivity contribution in [2.45, 2.75) is 26.3 Å². The lowest BCUT2D eigenvalue weighted by atomic mass is 10.3. The van der Waals surface area contributed by atoms with Gasteiger partial charge in [0.05, 0.1) is 17.0 Å². The number of rotatable bonds is 7. The van der Waals surface area contributed by atoms with Gasteiger partial charge in [-0.3, -0.25) is 5.43 Å². The number of aromatic nitrogens is 3. The van der Waals surface area contributed by atoms with Crippen LogP contribution in [-0.2, 0) is 0 Å². The standard InChI is InChI=1S/C12H17ClN6OS/c1-3-6-20-12-17-10(16-11(18-12)19-14)15-7(2)8-4-5-9(13)21-8/h4-5,7H,3,6,14H2,1-2H3,(H2,15,16,17,18,19). The number of nitrogen functional groups attached to an aromatic ring is 1. The summed E-state index contributed by atoms with van der Waals surface area (Å²) in [6.45, 7) is 4.53. The van der Waals surface area contributed by atoms with Crippen LogP contribution in [-0.4, -0.2) is 21.6 Å². The molecule has 2 aromatic heterocycles. The van der Waals surface area contributed by atoms with Crippen LogP contribution in [0, 0.1) is 0 Å². The fourth-order valence-corrected chi connectivity index (χ4v) is 2.63. The van der Waals surface area contributed by atoms with E-state index in [1.54, 1.807) is 0 Å². The molecule has 0 bridgehead atoms. The van der Waals surface area contributed by atoms with E-state index in [1.165, 1.54) is 11.3 Å². The maximum atomic E-state index is 5.94. The SMILES string of the molecule is CCCOc1nc(NN)nc(NC(C)c2ccc(Cl)s2)n1. The fraction of sp³-hybridized carbons (Fsp3) is 0.417. The van der Waals surface area contributed by atoms with E-state index in [4.69, 9.17) is 22.2 Å². The highest BCUT2D eigenvalue weighted by molar-refractivity contribution is 7.16. The quantitative estimate of drug-likeness (QED) is 0.531. The smallest absolute Gasteiger partial charge is 0.323 e. The number of nitrogens with one attached hydrogen (secondary N) is 2. The molecule has 0 fully saturated rings. The van der Waals surface area contributed by atoms with Crippen molar-refractivity contribution in [3.8, 4) is 6.01 Å². The predicted molar refractivity (Wildman–Crippen MR) is 84.8 cm³/mol. The second-order valence-electron chi connectivity index (χ2n) is 4.27. The first-order chi connectivity index (χ1) is 10.1. The predicted octanol–water partition coefficient (Wildman–Crippen LogP) is 2.83. The third-order valence-corrected chi connectivity index (χ3v) is 3.96. The number of hydrogen-bond acceptors (Lipinski definition) is 8. The molecular formula is C12H17ClN6OS. The van der Waals surface area contributed by atoms with Crippen molar-refractivity contribution in [2.24, 2.45) is 5.84 Å². The first-order valence-corrected chi connectivity index (χ1v) is 7.69. The maximum absolute atomic E-state index is 5.94. The van der Waals surface area contributed by atoms with E-state index in [1.807, 2.05) is 26.0 Å². The van der Waals surface area contributed by atoms with E-state index >= 15 is 0 Å². The molecule has 0 aromatic carbocycles. The third kappa shape index (κ3) is 4.42. The van der Waals surface area contributed by atoms with Gasteiger partial charge >= 0.3 is 6.01 Å². The first-order valence-electron chi connectivity index (χ1n) is 6.49. The van der Waals surface area contributed by atoms with E-state index in [0.717, 1.165) is 15.6 Å². The Balaban J connectivity index is 2.14. The molecule has 9 heteroatoms. The zero-order chi connectivity index (χ0) is 15.2. The molecule has 7 nitrogen and oxygen atoms in total. The number of hydrogen-bond donors (Lipinski definition) is 3. The molecule has 114 valence electrons. The highest BCUT2D eigenvalue weighted by atomic mass is 35.5. The number of nitrogens with two attached hydrogens (primary N) is 1. The van der Waals surface area contributed by atoms with Crippen LogP contribution >= 0.6 is 22.9 Å². The maximum Gasteiger partial charge on any atom is 0.323 e. The number of halogens is 1. The largest absolute Gasteiger partial charge is 0.463 e. The molecule has 1 atom stereocenters. The number of thiophene rings is 1. The second kappa shape index (κ2) is 7.39. The molecule has 0 saturated heterocycles. The summed E-state index contributed by atoms with van der Waals surface area (Å²) in [5.41, 5.74) is 2.40. The summed E-state index contributed by atoms with van der Waals surface area (Å²) in [6.07, 6.45) is 0.865. The Morgan fingerprint density at radius 3 is 2.71 bits per heavy atom. The van der Waals surface area contributed by atoms with E-state index in [2.05, 4.69) is 25.7 Å².